The third kappa shape index (κ3) is 5.20. The summed E-state index contributed by atoms with van der Waals surface area (Å²) in [6, 6.07) is 1.82. The van der Waals surface area contributed by atoms with Gasteiger partial charge in [-0.2, -0.15) is 0 Å². The Morgan fingerprint density at radius 1 is 1.26 bits per heavy atom. The van der Waals surface area contributed by atoms with Gasteiger partial charge in [0.15, 0.2) is 0 Å². The van der Waals surface area contributed by atoms with Crippen LogP contribution in [0.5, 0.6) is 0 Å². The van der Waals surface area contributed by atoms with Crippen LogP contribution in [0.1, 0.15) is 44.1 Å². The first-order chi connectivity index (χ1) is 13.1. The van der Waals surface area contributed by atoms with Crippen LogP contribution < -0.4 is 10.8 Å². The fourth-order valence-corrected chi connectivity index (χ4v) is 3.97. The zero-order chi connectivity index (χ0) is 19.2. The fraction of sp³-hybridized carbons (Fsp3) is 0.526. The van der Waals surface area contributed by atoms with Crippen molar-refractivity contribution >= 4 is 35.3 Å². The number of amides is 2. The summed E-state index contributed by atoms with van der Waals surface area (Å²) in [5, 5.41) is 12.2. The summed E-state index contributed by atoms with van der Waals surface area (Å²) in [4.78, 5) is 30.0. The van der Waals surface area contributed by atoms with Gasteiger partial charge in [0, 0.05) is 37.3 Å². The Kier molecular flexibility index (Phi) is 6.68. The molecule has 0 radical (unpaired) electrons. The van der Waals surface area contributed by atoms with E-state index in [1.807, 2.05) is 4.90 Å². The Labute approximate surface area is 163 Å². The number of hydrogen-bond donors (Lipinski definition) is 3. The van der Waals surface area contributed by atoms with Crippen LogP contribution in [0.25, 0.3) is 6.08 Å². The lowest BCUT2D eigenvalue weighted by molar-refractivity contribution is -0.135. The summed E-state index contributed by atoms with van der Waals surface area (Å²) in [5.74, 6) is 0.432. The molecule has 2 heterocycles. The van der Waals surface area contributed by atoms with Gasteiger partial charge in [0.25, 0.3) is 5.91 Å². The minimum atomic E-state index is -0.623. The van der Waals surface area contributed by atoms with Crippen LogP contribution in [-0.2, 0) is 9.59 Å². The Balaban J connectivity index is 1.55. The van der Waals surface area contributed by atoms with E-state index in [1.165, 1.54) is 24.1 Å². The van der Waals surface area contributed by atoms with Crippen molar-refractivity contribution in [1.82, 2.24) is 15.4 Å². The molecule has 0 bridgehead atoms. The zero-order valence-electron chi connectivity index (χ0n) is 15.2. The van der Waals surface area contributed by atoms with Crippen molar-refractivity contribution in [2.24, 2.45) is 5.92 Å². The predicted octanol–water partition coefficient (Wildman–Crippen LogP) is 2.85. The molecule has 2 aliphatic rings. The highest BCUT2D eigenvalue weighted by Crippen LogP contribution is 2.28. The van der Waals surface area contributed by atoms with Crippen molar-refractivity contribution < 1.29 is 14.8 Å². The van der Waals surface area contributed by atoms with E-state index in [9.17, 15) is 9.59 Å². The maximum absolute atomic E-state index is 12.7. The number of likely N-dealkylation sites (tertiary alicyclic amines) is 1. The highest BCUT2D eigenvalue weighted by Gasteiger charge is 2.31. The first-order valence-corrected chi connectivity index (χ1v) is 9.77. The van der Waals surface area contributed by atoms with E-state index in [4.69, 9.17) is 16.8 Å². The van der Waals surface area contributed by atoms with Crippen molar-refractivity contribution in [3.05, 3.63) is 28.9 Å². The Morgan fingerprint density at radius 3 is 2.74 bits per heavy atom. The van der Waals surface area contributed by atoms with Crippen molar-refractivity contribution in [2.45, 2.75) is 44.6 Å². The number of pyridine rings is 1. The molecule has 3 N–H and O–H groups in total. The first kappa shape index (κ1) is 19.6. The fourth-order valence-electron chi connectivity index (χ4n) is 3.74. The molecule has 0 spiro atoms. The summed E-state index contributed by atoms with van der Waals surface area (Å²) < 4.78 is 0. The van der Waals surface area contributed by atoms with Crippen LogP contribution in [-0.4, -0.2) is 46.0 Å². The summed E-state index contributed by atoms with van der Waals surface area (Å²) in [5.41, 5.74) is 2.17. The maximum Gasteiger partial charge on any atom is 0.267 e. The molecule has 1 saturated carbocycles. The number of nitrogens with zero attached hydrogens (tertiary/aromatic N) is 2. The van der Waals surface area contributed by atoms with E-state index in [1.54, 1.807) is 12.3 Å². The average molecular weight is 393 g/mol. The molecule has 1 aliphatic carbocycles. The molecule has 0 aromatic carbocycles. The summed E-state index contributed by atoms with van der Waals surface area (Å²) in [6.07, 6.45) is 10.8. The third-order valence-corrected chi connectivity index (χ3v) is 5.48. The molecule has 7 nitrogen and oxygen atoms in total. The molecular formula is C19H25ClN4O3. The van der Waals surface area contributed by atoms with Crippen molar-refractivity contribution in [3.63, 3.8) is 0 Å². The minimum absolute atomic E-state index is 0.129. The van der Waals surface area contributed by atoms with E-state index in [0.717, 1.165) is 38.6 Å². The number of rotatable bonds is 5. The molecule has 1 aromatic rings. The van der Waals surface area contributed by atoms with E-state index in [-0.39, 0.29) is 12.0 Å². The van der Waals surface area contributed by atoms with Crippen LogP contribution in [0.15, 0.2) is 18.3 Å². The Bertz CT molecular complexity index is 719. The normalized spacial score (nSPS) is 20.8. The van der Waals surface area contributed by atoms with E-state index in [2.05, 4.69) is 10.3 Å². The lowest BCUT2D eigenvalue weighted by Gasteiger charge is -2.26. The highest BCUT2D eigenvalue weighted by atomic mass is 35.5. The number of hydroxylamine groups is 1. The van der Waals surface area contributed by atoms with Gasteiger partial charge in [-0.3, -0.25) is 14.8 Å². The van der Waals surface area contributed by atoms with Gasteiger partial charge in [-0.25, -0.2) is 10.5 Å². The van der Waals surface area contributed by atoms with Gasteiger partial charge < -0.3 is 10.2 Å². The number of anilines is 1. The molecule has 3 rings (SSSR count). The monoisotopic (exact) mass is 392 g/mol. The summed E-state index contributed by atoms with van der Waals surface area (Å²) in [7, 11) is 0. The minimum Gasteiger partial charge on any atom is -0.364 e. The molecule has 1 saturated heterocycles. The molecule has 2 amide bonds. The van der Waals surface area contributed by atoms with Crippen LogP contribution in [0.3, 0.4) is 0 Å². The number of hydrogen-bond acceptors (Lipinski definition) is 5. The largest absolute Gasteiger partial charge is 0.364 e. The third-order valence-electron chi connectivity index (χ3n) is 5.19. The van der Waals surface area contributed by atoms with Gasteiger partial charge in [0.1, 0.15) is 5.82 Å². The number of carbonyl (C=O) groups is 2. The molecule has 1 aromatic heterocycles. The van der Waals surface area contributed by atoms with Gasteiger partial charge in [0.2, 0.25) is 5.91 Å². The number of halogens is 1. The lowest BCUT2D eigenvalue weighted by Crippen LogP contribution is -2.36. The number of nitrogens with one attached hydrogen (secondary N) is 2. The van der Waals surface area contributed by atoms with E-state index in [0.29, 0.717) is 28.9 Å². The first-order valence-electron chi connectivity index (χ1n) is 9.40. The van der Waals surface area contributed by atoms with Gasteiger partial charge in [-0.05, 0) is 37.0 Å². The zero-order valence-corrected chi connectivity index (χ0v) is 15.9. The predicted molar refractivity (Wildman–Crippen MR) is 103 cm³/mol. The second kappa shape index (κ2) is 9.19. The van der Waals surface area contributed by atoms with Crippen molar-refractivity contribution in [1.29, 1.82) is 0 Å². The Hall–Kier alpha value is -2.12. The second-order valence-corrected chi connectivity index (χ2v) is 7.56. The molecule has 8 heteroatoms. The topological polar surface area (TPSA) is 94.6 Å². The van der Waals surface area contributed by atoms with Crippen molar-refractivity contribution in [3.8, 4) is 0 Å². The van der Waals surface area contributed by atoms with Crippen LogP contribution in [0.2, 0.25) is 5.02 Å². The van der Waals surface area contributed by atoms with E-state index < -0.39 is 5.91 Å². The summed E-state index contributed by atoms with van der Waals surface area (Å²) >= 11 is 6.29. The standard InChI is InChI=1S/C19H25ClN4O3/c20-16-10-13(6-7-17(25)23-27)11-21-18(16)22-15-8-9-24(12-15)19(26)14-4-2-1-3-5-14/h6-7,10-11,14-15,27H,1-5,8-9,12H2,(H,21,22)(H,23,25)/b7-6+/t15-/m1/s1. The Morgan fingerprint density at radius 2 is 2.04 bits per heavy atom. The second-order valence-electron chi connectivity index (χ2n) is 7.16. The van der Waals surface area contributed by atoms with Gasteiger partial charge in [-0.15, -0.1) is 0 Å². The van der Waals surface area contributed by atoms with Gasteiger partial charge in [0.05, 0.1) is 5.02 Å². The van der Waals surface area contributed by atoms with Crippen LogP contribution in [0, 0.1) is 5.92 Å². The molecule has 146 valence electrons. The van der Waals surface area contributed by atoms with Crippen LogP contribution >= 0.6 is 11.6 Å². The molecule has 0 unspecified atom stereocenters. The van der Waals surface area contributed by atoms with E-state index >= 15 is 0 Å². The molecule has 2 fully saturated rings. The summed E-state index contributed by atoms with van der Waals surface area (Å²) in [6.45, 7) is 1.44. The number of aromatic nitrogens is 1. The van der Waals surface area contributed by atoms with Crippen LogP contribution in [0.4, 0.5) is 5.82 Å². The quantitative estimate of drug-likeness (QED) is 0.407. The molecular weight excluding hydrogens is 368 g/mol. The molecule has 1 aliphatic heterocycles. The van der Waals surface area contributed by atoms with Crippen molar-refractivity contribution in [2.75, 3.05) is 18.4 Å². The lowest BCUT2D eigenvalue weighted by atomic mass is 9.88. The maximum atomic E-state index is 12.7. The molecule has 27 heavy (non-hydrogen) atoms. The molecule has 1 atom stereocenters. The van der Waals surface area contributed by atoms with Gasteiger partial charge >= 0.3 is 0 Å². The SMILES string of the molecule is O=C(/C=C/c1cnc(N[C@@H]2CCN(C(=O)C3CCCCC3)C2)c(Cl)c1)NO. The number of carbonyl (C=O) groups excluding carboxylic acids is 2. The van der Waals surface area contributed by atoms with Gasteiger partial charge in [-0.1, -0.05) is 30.9 Å². The highest BCUT2D eigenvalue weighted by molar-refractivity contribution is 6.33. The average Bonchev–Trinajstić information content (AvgIpc) is 3.16. The smallest absolute Gasteiger partial charge is 0.267 e.